The summed E-state index contributed by atoms with van der Waals surface area (Å²) in [6.45, 7) is 2.16. The molecule has 0 aliphatic heterocycles. The topological polar surface area (TPSA) is 0 Å². The number of aryl methyl sites for hydroxylation is 1. The Hall–Kier alpha value is -1.04. The van der Waals surface area contributed by atoms with Gasteiger partial charge in [0, 0.05) is 0 Å². The zero-order valence-electron chi connectivity index (χ0n) is 7.95. The van der Waals surface area contributed by atoms with Gasteiger partial charge in [-0.15, -0.1) is 0 Å². The Morgan fingerprint density at radius 1 is 0.857 bits per heavy atom. The van der Waals surface area contributed by atoms with Gasteiger partial charge in [0.2, 0.25) is 0 Å². The second kappa shape index (κ2) is 2.98. The molecule has 14 heavy (non-hydrogen) atoms. The molecule has 1 heteroatoms. The summed E-state index contributed by atoms with van der Waals surface area (Å²) in [5, 5.41) is 2.91. The minimum atomic E-state index is 0.527. The zero-order valence-corrected chi connectivity index (χ0v) is 9.66. The molecule has 0 aliphatic carbocycles. The first-order chi connectivity index (χ1) is 6.84. The van der Waals surface area contributed by atoms with E-state index in [2.05, 4.69) is 49.4 Å². The van der Waals surface area contributed by atoms with Gasteiger partial charge >= 0.3 is 88.7 Å². The summed E-state index contributed by atoms with van der Waals surface area (Å²) >= 11 is 0.527. The van der Waals surface area contributed by atoms with Crippen molar-refractivity contribution in [3.05, 3.63) is 48.0 Å². The van der Waals surface area contributed by atoms with E-state index in [0.717, 1.165) is 0 Å². The second-order valence-electron chi connectivity index (χ2n) is 3.60. The first-order valence-electron chi connectivity index (χ1n) is 4.72. The number of rotatable bonds is 0. The number of fused-ring (bicyclic) bond motifs is 3. The van der Waals surface area contributed by atoms with Gasteiger partial charge in [-0.2, -0.15) is 0 Å². The van der Waals surface area contributed by atoms with E-state index in [-0.39, 0.29) is 0 Å². The van der Waals surface area contributed by atoms with Gasteiger partial charge in [-0.05, 0) is 0 Å². The van der Waals surface area contributed by atoms with Gasteiger partial charge in [0.25, 0.3) is 0 Å². The van der Waals surface area contributed by atoms with Crippen molar-refractivity contribution in [2.75, 3.05) is 0 Å². The number of benzene rings is 2. The molecule has 2 aromatic carbocycles. The van der Waals surface area contributed by atoms with Crippen molar-refractivity contribution in [3.8, 4) is 0 Å². The van der Waals surface area contributed by atoms with E-state index >= 15 is 0 Å². The molecule has 1 heterocycles. The van der Waals surface area contributed by atoms with E-state index in [9.17, 15) is 0 Å². The van der Waals surface area contributed by atoms with E-state index in [0.29, 0.717) is 14.5 Å². The van der Waals surface area contributed by atoms with Crippen LogP contribution < -0.4 is 0 Å². The van der Waals surface area contributed by atoms with Crippen LogP contribution in [0.4, 0.5) is 0 Å². The van der Waals surface area contributed by atoms with Crippen molar-refractivity contribution < 1.29 is 0 Å². The van der Waals surface area contributed by atoms with E-state index in [1.807, 2.05) is 0 Å². The van der Waals surface area contributed by atoms with Crippen LogP contribution >= 0.6 is 0 Å². The second-order valence-corrected chi connectivity index (χ2v) is 5.87. The van der Waals surface area contributed by atoms with Crippen LogP contribution in [0.3, 0.4) is 0 Å². The zero-order chi connectivity index (χ0) is 9.54. The molecule has 0 saturated heterocycles. The SMILES string of the molecule is Cc1ccc2[se]c3ccccc3c2c1. The van der Waals surface area contributed by atoms with Crippen LogP contribution in [0.1, 0.15) is 5.56 Å². The van der Waals surface area contributed by atoms with Gasteiger partial charge in [0.1, 0.15) is 0 Å². The van der Waals surface area contributed by atoms with E-state index in [1.54, 1.807) is 0 Å². The van der Waals surface area contributed by atoms with Crippen molar-refractivity contribution in [1.82, 2.24) is 0 Å². The van der Waals surface area contributed by atoms with Crippen LogP contribution in [0.15, 0.2) is 42.5 Å². The van der Waals surface area contributed by atoms with Gasteiger partial charge in [-0.3, -0.25) is 0 Å². The monoisotopic (exact) mass is 246 g/mol. The molecule has 3 rings (SSSR count). The van der Waals surface area contributed by atoms with E-state index in [4.69, 9.17) is 0 Å². The van der Waals surface area contributed by atoms with Crippen molar-refractivity contribution in [2.24, 2.45) is 0 Å². The molecule has 3 aromatic rings. The van der Waals surface area contributed by atoms with Crippen molar-refractivity contribution in [1.29, 1.82) is 0 Å². The summed E-state index contributed by atoms with van der Waals surface area (Å²) in [4.78, 5) is 0. The van der Waals surface area contributed by atoms with Crippen LogP contribution in [0.2, 0.25) is 0 Å². The Kier molecular flexibility index (Phi) is 1.76. The van der Waals surface area contributed by atoms with Crippen LogP contribution in [0.25, 0.3) is 19.3 Å². The fourth-order valence-corrected chi connectivity index (χ4v) is 4.12. The molecular weight excluding hydrogens is 235 g/mol. The Balaban J connectivity index is 2.58. The summed E-state index contributed by atoms with van der Waals surface area (Å²) in [5.41, 5.74) is 1.36. The molecule has 0 radical (unpaired) electrons. The average Bonchev–Trinajstić information content (AvgIpc) is 2.56. The van der Waals surface area contributed by atoms with Crippen molar-refractivity contribution in [3.63, 3.8) is 0 Å². The third kappa shape index (κ3) is 1.13. The fourth-order valence-electron chi connectivity index (χ4n) is 1.84. The first kappa shape index (κ1) is 8.28. The Morgan fingerprint density at radius 2 is 1.64 bits per heavy atom. The van der Waals surface area contributed by atoms with E-state index in [1.165, 1.54) is 24.9 Å². The van der Waals surface area contributed by atoms with Crippen LogP contribution in [0.5, 0.6) is 0 Å². The predicted octanol–water partition coefficient (Wildman–Crippen LogP) is 3.36. The summed E-state index contributed by atoms with van der Waals surface area (Å²) in [6.07, 6.45) is 0. The average molecular weight is 245 g/mol. The summed E-state index contributed by atoms with van der Waals surface area (Å²) in [5.74, 6) is 0. The summed E-state index contributed by atoms with van der Waals surface area (Å²) in [6, 6.07) is 15.6. The van der Waals surface area contributed by atoms with Gasteiger partial charge in [-0.25, -0.2) is 0 Å². The van der Waals surface area contributed by atoms with Crippen LogP contribution in [-0.4, -0.2) is 14.5 Å². The summed E-state index contributed by atoms with van der Waals surface area (Å²) in [7, 11) is 0. The third-order valence-corrected chi connectivity index (χ3v) is 4.95. The molecule has 0 spiro atoms. The standard InChI is InChI=1S/C13H10Se/c1-9-6-7-13-11(8-9)10-4-2-3-5-12(10)14-13/h2-8H,1H3. The Labute approximate surface area is 88.9 Å². The molecule has 68 valence electrons. The Morgan fingerprint density at radius 3 is 2.57 bits per heavy atom. The maximum atomic E-state index is 2.31. The fraction of sp³-hybridized carbons (Fsp3) is 0.0769. The van der Waals surface area contributed by atoms with E-state index < -0.39 is 0 Å². The molecule has 0 bridgehead atoms. The minimum absolute atomic E-state index is 0.527. The van der Waals surface area contributed by atoms with Gasteiger partial charge in [0.15, 0.2) is 0 Å². The molecule has 0 aliphatic rings. The third-order valence-electron chi connectivity index (χ3n) is 2.53. The van der Waals surface area contributed by atoms with Gasteiger partial charge in [-0.1, -0.05) is 0 Å². The van der Waals surface area contributed by atoms with Gasteiger partial charge in [0.05, 0.1) is 0 Å². The molecule has 1 aromatic heterocycles. The normalized spacial score (nSPS) is 11.2. The molecule has 0 amide bonds. The molecule has 0 fully saturated rings. The molecule has 0 N–H and O–H groups in total. The molecule has 0 unspecified atom stereocenters. The number of hydrogen-bond donors (Lipinski definition) is 0. The van der Waals surface area contributed by atoms with Crippen molar-refractivity contribution >= 4 is 33.8 Å². The number of hydrogen-bond acceptors (Lipinski definition) is 0. The molecule has 0 nitrogen and oxygen atoms in total. The first-order valence-corrected chi connectivity index (χ1v) is 6.44. The molecule has 0 atom stereocenters. The molecule has 0 saturated carbocycles. The Bertz CT molecular complexity index is 605. The molecular formula is C13H10Se. The van der Waals surface area contributed by atoms with Crippen LogP contribution in [-0.2, 0) is 0 Å². The van der Waals surface area contributed by atoms with Crippen LogP contribution in [0, 0.1) is 6.92 Å². The quantitative estimate of drug-likeness (QED) is 0.533. The maximum absolute atomic E-state index is 2.31. The van der Waals surface area contributed by atoms with Gasteiger partial charge < -0.3 is 0 Å². The predicted molar refractivity (Wildman–Crippen MR) is 63.1 cm³/mol. The van der Waals surface area contributed by atoms with Crippen molar-refractivity contribution in [2.45, 2.75) is 6.92 Å². The summed E-state index contributed by atoms with van der Waals surface area (Å²) < 4.78 is 3.06.